The Kier molecular flexibility index (Phi) is 6.65. The van der Waals surface area contributed by atoms with Crippen molar-refractivity contribution in [2.24, 2.45) is 0 Å². The van der Waals surface area contributed by atoms with Gasteiger partial charge in [0.05, 0.1) is 5.69 Å². The van der Waals surface area contributed by atoms with E-state index in [2.05, 4.69) is 4.74 Å². The minimum absolute atomic E-state index is 0.313. The number of benzene rings is 2. The predicted molar refractivity (Wildman–Crippen MR) is 91.4 cm³/mol. The number of halogens is 5. The smallest absolute Gasteiger partial charge is 0.331 e. The first-order valence-corrected chi connectivity index (χ1v) is 7.76. The molecule has 2 rings (SSSR count). The highest BCUT2D eigenvalue weighted by Crippen LogP contribution is 2.22. The summed E-state index contributed by atoms with van der Waals surface area (Å²) in [6.07, 6.45) is 2.38. The summed E-state index contributed by atoms with van der Waals surface area (Å²) < 4.78 is 43.9. The van der Waals surface area contributed by atoms with Crippen LogP contribution in [0.5, 0.6) is 0 Å². The van der Waals surface area contributed by atoms with Crippen LogP contribution < -0.4 is 5.32 Å². The van der Waals surface area contributed by atoms with Gasteiger partial charge >= 0.3 is 5.97 Å². The van der Waals surface area contributed by atoms with Gasteiger partial charge in [-0.05, 0) is 35.9 Å². The lowest BCUT2D eigenvalue weighted by Crippen LogP contribution is -2.21. The van der Waals surface area contributed by atoms with Gasteiger partial charge in [-0.15, -0.1) is 0 Å². The first-order valence-electron chi connectivity index (χ1n) is 7.01. The lowest BCUT2D eigenvalue weighted by atomic mass is 10.2. The molecule has 0 bridgehead atoms. The fraction of sp³-hybridized carbons (Fsp3) is 0.0588. The molecule has 1 N–H and O–H groups in total. The van der Waals surface area contributed by atoms with Crippen LogP contribution in [0.15, 0.2) is 36.4 Å². The second-order valence-electron chi connectivity index (χ2n) is 4.88. The molecule has 136 valence electrons. The molecular weight excluding hydrogens is 394 g/mol. The molecular formula is C17H10Cl2F3NO3. The fourth-order valence-corrected chi connectivity index (χ4v) is 2.26. The van der Waals surface area contributed by atoms with Gasteiger partial charge in [-0.3, -0.25) is 4.79 Å². The van der Waals surface area contributed by atoms with Crippen LogP contribution in [0.2, 0.25) is 10.0 Å². The summed E-state index contributed by atoms with van der Waals surface area (Å²) in [4.78, 5) is 23.2. The van der Waals surface area contributed by atoms with E-state index in [1.54, 1.807) is 12.1 Å². The zero-order valence-corrected chi connectivity index (χ0v) is 14.4. The molecule has 26 heavy (non-hydrogen) atoms. The SMILES string of the molecule is O=C(COC(=O)/C=C/c1ccc(Cl)cc1Cl)Nc1ccc(F)c(F)c1F. The standard InChI is InChI=1S/C17H10Cl2F3NO3/c18-10-3-1-9(11(19)7-10)2-6-15(25)26-8-14(24)23-13-5-4-12(20)16(21)17(13)22/h1-7H,8H2,(H,23,24)/b6-2+. The van der Waals surface area contributed by atoms with Crippen molar-refractivity contribution in [3.63, 3.8) is 0 Å². The molecule has 0 saturated carbocycles. The number of rotatable bonds is 5. The Morgan fingerprint density at radius 1 is 1.08 bits per heavy atom. The highest BCUT2D eigenvalue weighted by atomic mass is 35.5. The lowest BCUT2D eigenvalue weighted by molar-refractivity contribution is -0.142. The van der Waals surface area contributed by atoms with Gasteiger partial charge in [0, 0.05) is 16.1 Å². The molecule has 2 aromatic rings. The average molecular weight is 404 g/mol. The van der Waals surface area contributed by atoms with Crippen molar-refractivity contribution < 1.29 is 27.5 Å². The van der Waals surface area contributed by atoms with E-state index >= 15 is 0 Å². The van der Waals surface area contributed by atoms with Crippen LogP contribution in [0, 0.1) is 17.5 Å². The summed E-state index contributed by atoms with van der Waals surface area (Å²) in [5.41, 5.74) is -0.0743. The van der Waals surface area contributed by atoms with Crippen LogP contribution >= 0.6 is 23.2 Å². The van der Waals surface area contributed by atoms with Crippen molar-refractivity contribution in [1.29, 1.82) is 0 Å². The summed E-state index contributed by atoms with van der Waals surface area (Å²) in [5, 5.41) is 2.70. The molecule has 0 aliphatic heterocycles. The summed E-state index contributed by atoms with van der Waals surface area (Å²) >= 11 is 11.7. The monoisotopic (exact) mass is 403 g/mol. The van der Waals surface area contributed by atoms with Gasteiger partial charge < -0.3 is 10.1 Å². The van der Waals surface area contributed by atoms with E-state index in [9.17, 15) is 22.8 Å². The molecule has 0 aromatic heterocycles. The molecule has 0 fully saturated rings. The van der Waals surface area contributed by atoms with Crippen molar-refractivity contribution in [2.45, 2.75) is 0 Å². The lowest BCUT2D eigenvalue weighted by Gasteiger charge is -2.07. The minimum Gasteiger partial charge on any atom is -0.452 e. The number of hydrogen-bond acceptors (Lipinski definition) is 3. The number of nitrogens with one attached hydrogen (secondary N) is 1. The Bertz CT molecular complexity index is 888. The van der Waals surface area contributed by atoms with Crippen molar-refractivity contribution in [2.75, 3.05) is 11.9 Å². The molecule has 0 atom stereocenters. The Balaban J connectivity index is 1.90. The molecule has 2 aromatic carbocycles. The third-order valence-corrected chi connectivity index (χ3v) is 3.58. The number of carbonyl (C=O) groups is 2. The normalized spacial score (nSPS) is 10.8. The summed E-state index contributed by atoms with van der Waals surface area (Å²) in [7, 11) is 0. The number of anilines is 1. The van der Waals surface area contributed by atoms with Crippen molar-refractivity contribution in [3.8, 4) is 0 Å². The van der Waals surface area contributed by atoms with Crippen molar-refractivity contribution in [3.05, 3.63) is 69.5 Å². The second kappa shape index (κ2) is 8.73. The maximum atomic E-state index is 13.4. The van der Waals surface area contributed by atoms with E-state index in [-0.39, 0.29) is 0 Å². The largest absolute Gasteiger partial charge is 0.452 e. The fourth-order valence-electron chi connectivity index (χ4n) is 1.79. The molecule has 0 aliphatic rings. The Hall–Kier alpha value is -2.51. The summed E-state index contributed by atoms with van der Waals surface area (Å²) in [6.45, 7) is -0.754. The van der Waals surface area contributed by atoms with Crippen LogP contribution in [0.25, 0.3) is 6.08 Å². The van der Waals surface area contributed by atoms with Crippen molar-refractivity contribution in [1.82, 2.24) is 0 Å². The number of carbonyl (C=O) groups excluding carboxylic acids is 2. The van der Waals surface area contributed by atoms with E-state index in [1.807, 2.05) is 5.32 Å². The number of amides is 1. The van der Waals surface area contributed by atoms with Crippen molar-refractivity contribution >= 4 is 46.8 Å². The third-order valence-electron chi connectivity index (χ3n) is 3.02. The highest BCUT2D eigenvalue weighted by Gasteiger charge is 2.15. The van der Waals surface area contributed by atoms with E-state index < -0.39 is 41.6 Å². The molecule has 0 saturated heterocycles. The first-order chi connectivity index (χ1) is 12.3. The van der Waals surface area contributed by atoms with Gasteiger partial charge in [0.25, 0.3) is 5.91 Å². The predicted octanol–water partition coefficient (Wildman–Crippen LogP) is 4.61. The van der Waals surface area contributed by atoms with E-state index in [0.717, 1.165) is 12.1 Å². The van der Waals surface area contributed by atoms with Gasteiger partial charge in [-0.2, -0.15) is 0 Å². The number of hydrogen-bond donors (Lipinski definition) is 1. The average Bonchev–Trinajstić information content (AvgIpc) is 2.59. The molecule has 9 heteroatoms. The Morgan fingerprint density at radius 2 is 1.81 bits per heavy atom. The highest BCUT2D eigenvalue weighted by molar-refractivity contribution is 6.35. The maximum Gasteiger partial charge on any atom is 0.331 e. The van der Waals surface area contributed by atoms with E-state index in [1.165, 1.54) is 12.1 Å². The first kappa shape index (κ1) is 19.8. The van der Waals surface area contributed by atoms with Gasteiger partial charge in [0.2, 0.25) is 0 Å². The topological polar surface area (TPSA) is 55.4 Å². The van der Waals surface area contributed by atoms with Gasteiger partial charge in [0.1, 0.15) is 0 Å². The Morgan fingerprint density at radius 3 is 2.50 bits per heavy atom. The Labute approximate surface area is 156 Å². The van der Waals surface area contributed by atoms with Crippen LogP contribution in [0.4, 0.5) is 18.9 Å². The zero-order chi connectivity index (χ0) is 19.3. The van der Waals surface area contributed by atoms with Crippen LogP contribution in [0.1, 0.15) is 5.56 Å². The van der Waals surface area contributed by atoms with E-state index in [0.29, 0.717) is 21.7 Å². The molecule has 1 amide bonds. The van der Waals surface area contributed by atoms with Gasteiger partial charge in [0.15, 0.2) is 24.1 Å². The van der Waals surface area contributed by atoms with Gasteiger partial charge in [-0.25, -0.2) is 18.0 Å². The second-order valence-corrected chi connectivity index (χ2v) is 5.72. The summed E-state index contributed by atoms with van der Waals surface area (Å²) in [6, 6.07) is 6.13. The quantitative estimate of drug-likeness (QED) is 0.450. The van der Waals surface area contributed by atoms with Crippen LogP contribution in [-0.2, 0) is 14.3 Å². The number of esters is 1. The molecule has 0 radical (unpaired) electrons. The van der Waals surface area contributed by atoms with E-state index in [4.69, 9.17) is 23.2 Å². The molecule has 0 unspecified atom stereocenters. The number of ether oxygens (including phenoxy) is 1. The maximum absolute atomic E-state index is 13.4. The third kappa shape index (κ3) is 5.24. The van der Waals surface area contributed by atoms with Gasteiger partial charge in [-0.1, -0.05) is 29.3 Å². The molecule has 0 aliphatic carbocycles. The summed E-state index contributed by atoms with van der Waals surface area (Å²) in [5.74, 6) is -6.46. The molecule has 0 heterocycles. The zero-order valence-electron chi connectivity index (χ0n) is 12.9. The molecule has 4 nitrogen and oxygen atoms in total. The minimum atomic E-state index is -1.72. The molecule has 0 spiro atoms. The van der Waals surface area contributed by atoms with Crippen LogP contribution in [0.3, 0.4) is 0 Å². The van der Waals surface area contributed by atoms with Crippen LogP contribution in [-0.4, -0.2) is 18.5 Å².